The van der Waals surface area contributed by atoms with E-state index in [0.29, 0.717) is 12.1 Å². The van der Waals surface area contributed by atoms with Gasteiger partial charge in [0.25, 0.3) is 0 Å². The molecule has 2 aliphatic rings. The van der Waals surface area contributed by atoms with Gasteiger partial charge in [0.1, 0.15) is 0 Å². The van der Waals surface area contributed by atoms with Crippen LogP contribution in [0.5, 0.6) is 11.5 Å². The molecule has 1 N–H and O–H groups in total. The van der Waals surface area contributed by atoms with Crippen molar-refractivity contribution in [2.45, 2.75) is 51.5 Å². The molecule has 0 aromatic heterocycles. The first kappa shape index (κ1) is 26.9. The zero-order valence-electron chi connectivity index (χ0n) is 22.0. The lowest BCUT2D eigenvalue weighted by atomic mass is 9.98. The number of carbonyl (C=O) groups excluding carboxylic acids is 1. The zero-order valence-corrected chi connectivity index (χ0v) is 22.0. The molecule has 1 atom stereocenters. The molecule has 2 amide bonds. The second-order valence-electron chi connectivity index (χ2n) is 10.2. The second kappa shape index (κ2) is 11.2. The lowest BCUT2D eigenvalue weighted by Crippen LogP contribution is -2.48. The Kier molecular flexibility index (Phi) is 7.70. The average Bonchev–Trinajstić information content (AvgIpc) is 3.39. The molecule has 1 unspecified atom stereocenters. The van der Waals surface area contributed by atoms with Crippen molar-refractivity contribution in [3.63, 3.8) is 0 Å². The third kappa shape index (κ3) is 6.30. The normalized spacial score (nSPS) is 16.6. The minimum atomic E-state index is -4.49. The van der Waals surface area contributed by atoms with Gasteiger partial charge >= 0.3 is 12.2 Å². The second-order valence-corrected chi connectivity index (χ2v) is 10.2. The molecule has 0 aliphatic carbocycles. The number of urea groups is 1. The summed E-state index contributed by atoms with van der Waals surface area (Å²) in [4.78, 5) is 17.7. The Labute approximate surface area is 226 Å². The number of nitrogens with zero attached hydrogens (tertiary/aromatic N) is 2. The predicted molar refractivity (Wildman–Crippen MR) is 143 cm³/mol. The van der Waals surface area contributed by atoms with Gasteiger partial charge in [-0.15, -0.1) is 0 Å². The Morgan fingerprint density at radius 2 is 1.74 bits per heavy atom. The number of nitrogens with one attached hydrogen (secondary N) is 1. The van der Waals surface area contributed by atoms with Crippen LogP contribution in [-0.2, 0) is 12.7 Å². The monoisotopic (exact) mass is 539 g/mol. The highest BCUT2D eigenvalue weighted by Crippen LogP contribution is 2.36. The Bertz CT molecular complexity index is 1310. The fraction of sp³-hybridized carbons (Fsp3) is 0.367. The van der Waals surface area contributed by atoms with Crippen LogP contribution < -0.4 is 14.8 Å². The molecule has 206 valence electrons. The number of piperidine rings is 1. The maximum atomic E-state index is 13.5. The van der Waals surface area contributed by atoms with Crippen LogP contribution in [0.25, 0.3) is 0 Å². The number of fused-ring (bicyclic) bond motifs is 1. The van der Waals surface area contributed by atoms with Crippen molar-refractivity contribution in [2.75, 3.05) is 25.2 Å². The number of anilines is 1. The largest absolute Gasteiger partial charge is 0.454 e. The first-order valence-electron chi connectivity index (χ1n) is 13.1. The van der Waals surface area contributed by atoms with E-state index in [4.69, 9.17) is 9.47 Å². The first-order chi connectivity index (χ1) is 18.7. The van der Waals surface area contributed by atoms with E-state index in [2.05, 4.69) is 23.2 Å². The third-order valence-electron chi connectivity index (χ3n) is 7.48. The number of rotatable bonds is 6. The number of carbonyl (C=O) groups is 1. The van der Waals surface area contributed by atoms with Crippen molar-refractivity contribution in [1.82, 2.24) is 9.80 Å². The lowest BCUT2D eigenvalue weighted by Gasteiger charge is -2.41. The predicted octanol–water partition coefficient (Wildman–Crippen LogP) is 7.00. The molecule has 1 fully saturated rings. The molecular weight excluding hydrogens is 507 g/mol. The van der Waals surface area contributed by atoms with Crippen molar-refractivity contribution in [3.8, 4) is 11.5 Å². The van der Waals surface area contributed by atoms with Crippen molar-refractivity contribution < 1.29 is 27.4 Å². The molecule has 9 heteroatoms. The molecule has 2 heterocycles. The fourth-order valence-electron chi connectivity index (χ4n) is 5.33. The van der Waals surface area contributed by atoms with Gasteiger partial charge in [0, 0.05) is 37.4 Å². The summed E-state index contributed by atoms with van der Waals surface area (Å²) in [5.41, 5.74) is 1.89. The molecule has 0 radical (unpaired) electrons. The quantitative estimate of drug-likeness (QED) is 0.366. The number of benzene rings is 3. The average molecular weight is 540 g/mol. The van der Waals surface area contributed by atoms with Crippen molar-refractivity contribution in [2.24, 2.45) is 0 Å². The molecule has 0 bridgehead atoms. The van der Waals surface area contributed by atoms with Gasteiger partial charge < -0.3 is 19.7 Å². The van der Waals surface area contributed by atoms with E-state index in [-0.39, 0.29) is 24.6 Å². The van der Waals surface area contributed by atoms with Crippen LogP contribution in [0.4, 0.5) is 23.7 Å². The molecule has 0 spiro atoms. The summed E-state index contributed by atoms with van der Waals surface area (Å²) >= 11 is 0. The summed E-state index contributed by atoms with van der Waals surface area (Å²) in [7, 11) is 0. The number of aryl methyl sites for hydroxylation is 1. The SMILES string of the molecule is Cc1cc(NC(=O)N(Cc2ccccc2)C2CCN(C(C)c3ccc4c(c3)OCO4)CC2)cc(C(F)(F)F)c1. The van der Waals surface area contributed by atoms with Gasteiger partial charge in [-0.05, 0) is 73.7 Å². The van der Waals surface area contributed by atoms with E-state index in [9.17, 15) is 18.0 Å². The highest BCUT2D eigenvalue weighted by Gasteiger charge is 2.33. The van der Waals surface area contributed by atoms with Gasteiger partial charge in [0.2, 0.25) is 6.79 Å². The Morgan fingerprint density at radius 3 is 2.46 bits per heavy atom. The van der Waals surface area contributed by atoms with Gasteiger partial charge in [-0.1, -0.05) is 36.4 Å². The van der Waals surface area contributed by atoms with Gasteiger partial charge in [-0.25, -0.2) is 4.79 Å². The highest BCUT2D eigenvalue weighted by atomic mass is 19.4. The number of halogens is 3. The van der Waals surface area contributed by atoms with E-state index < -0.39 is 17.8 Å². The maximum absolute atomic E-state index is 13.5. The van der Waals surface area contributed by atoms with E-state index in [0.717, 1.165) is 60.7 Å². The maximum Gasteiger partial charge on any atom is 0.416 e. The molecule has 3 aromatic rings. The van der Waals surface area contributed by atoms with Gasteiger partial charge in [-0.3, -0.25) is 4.90 Å². The molecule has 2 aliphatic heterocycles. The van der Waals surface area contributed by atoms with Gasteiger partial charge in [0.05, 0.1) is 5.56 Å². The number of hydrogen-bond donors (Lipinski definition) is 1. The van der Waals surface area contributed by atoms with Crippen LogP contribution in [0.1, 0.15) is 48.1 Å². The molecule has 0 saturated carbocycles. The van der Waals surface area contributed by atoms with Crippen LogP contribution in [0, 0.1) is 6.92 Å². The van der Waals surface area contributed by atoms with E-state index >= 15 is 0 Å². The Morgan fingerprint density at radius 1 is 1.03 bits per heavy atom. The number of hydrogen-bond acceptors (Lipinski definition) is 4. The van der Waals surface area contributed by atoms with Gasteiger partial charge in [-0.2, -0.15) is 13.2 Å². The van der Waals surface area contributed by atoms with Crippen molar-refractivity contribution >= 4 is 11.7 Å². The molecule has 6 nitrogen and oxygen atoms in total. The number of alkyl halides is 3. The standard InChI is InChI=1S/C30H32F3N3O3/c1-20-14-24(30(31,32)33)17-25(15-20)34-29(37)36(18-22-6-4-3-5-7-22)26-10-12-35(13-11-26)21(2)23-8-9-27-28(16-23)39-19-38-27/h3-9,14-17,21,26H,10-13,18-19H2,1-2H3,(H,34,37). The van der Waals surface area contributed by atoms with Crippen molar-refractivity contribution in [1.29, 1.82) is 0 Å². The minimum absolute atomic E-state index is 0.0581. The molecular formula is C30H32F3N3O3. The number of amides is 2. The first-order valence-corrected chi connectivity index (χ1v) is 13.1. The van der Waals surface area contributed by atoms with Crippen molar-refractivity contribution in [3.05, 3.63) is 89.0 Å². The summed E-state index contributed by atoms with van der Waals surface area (Å²) in [6.45, 7) is 5.90. The topological polar surface area (TPSA) is 54.0 Å². The van der Waals surface area contributed by atoms with Gasteiger partial charge in [0.15, 0.2) is 11.5 Å². The van der Waals surface area contributed by atoms with Crippen LogP contribution in [0.15, 0.2) is 66.7 Å². The lowest BCUT2D eigenvalue weighted by molar-refractivity contribution is -0.137. The number of likely N-dealkylation sites (tertiary alicyclic amines) is 1. The molecule has 39 heavy (non-hydrogen) atoms. The molecule has 3 aromatic carbocycles. The summed E-state index contributed by atoms with van der Waals surface area (Å²) in [6.07, 6.45) is -3.00. The zero-order chi connectivity index (χ0) is 27.6. The van der Waals surface area contributed by atoms with E-state index in [1.807, 2.05) is 42.5 Å². The highest BCUT2D eigenvalue weighted by molar-refractivity contribution is 5.89. The number of ether oxygens (including phenoxy) is 2. The summed E-state index contributed by atoms with van der Waals surface area (Å²) in [5.74, 6) is 1.51. The molecule has 5 rings (SSSR count). The summed E-state index contributed by atoms with van der Waals surface area (Å²) in [5, 5.41) is 2.74. The van der Waals surface area contributed by atoms with Crippen LogP contribution in [0.3, 0.4) is 0 Å². The van der Waals surface area contributed by atoms with E-state index in [1.54, 1.807) is 17.9 Å². The van der Waals surface area contributed by atoms with E-state index in [1.165, 1.54) is 0 Å². The smallest absolute Gasteiger partial charge is 0.416 e. The minimum Gasteiger partial charge on any atom is -0.454 e. The Hall–Kier alpha value is -3.72. The molecule has 1 saturated heterocycles. The fourth-order valence-corrected chi connectivity index (χ4v) is 5.33. The summed E-state index contributed by atoms with van der Waals surface area (Å²) in [6, 6.07) is 19.0. The summed E-state index contributed by atoms with van der Waals surface area (Å²) < 4.78 is 51.1. The van der Waals surface area contributed by atoms with Crippen LogP contribution in [-0.4, -0.2) is 41.8 Å². The third-order valence-corrected chi connectivity index (χ3v) is 7.48. The Balaban J connectivity index is 1.30. The van der Waals surface area contributed by atoms with Crippen LogP contribution >= 0.6 is 0 Å². The van der Waals surface area contributed by atoms with Crippen LogP contribution in [0.2, 0.25) is 0 Å².